The number of amides is 1. The molecular weight excluding hydrogens is 296 g/mol. The Balaban J connectivity index is 1.51. The van der Waals surface area contributed by atoms with E-state index < -0.39 is 0 Å². The molecule has 1 atom stereocenters. The molecule has 0 aliphatic carbocycles. The van der Waals surface area contributed by atoms with Crippen molar-refractivity contribution < 1.29 is 9.21 Å². The third-order valence-electron chi connectivity index (χ3n) is 4.12. The van der Waals surface area contributed by atoms with Gasteiger partial charge in [0.1, 0.15) is 5.76 Å². The Morgan fingerprint density at radius 2 is 2.18 bits per heavy atom. The van der Waals surface area contributed by atoms with Gasteiger partial charge < -0.3 is 9.73 Å². The number of nitrogens with zero attached hydrogens (tertiary/aromatic N) is 1. The topological polar surface area (TPSA) is 45.5 Å². The number of furan rings is 1. The first-order valence-electron chi connectivity index (χ1n) is 7.89. The Labute approximate surface area is 135 Å². The van der Waals surface area contributed by atoms with Crippen LogP contribution >= 0.6 is 11.3 Å². The van der Waals surface area contributed by atoms with Gasteiger partial charge in [0.15, 0.2) is 0 Å². The third-order valence-corrected chi connectivity index (χ3v) is 5.06. The van der Waals surface area contributed by atoms with Crippen molar-refractivity contribution in [2.24, 2.45) is 0 Å². The maximum Gasteiger partial charge on any atom is 0.220 e. The molecule has 0 radical (unpaired) electrons. The fourth-order valence-electron chi connectivity index (χ4n) is 2.93. The van der Waals surface area contributed by atoms with Crippen LogP contribution in [0.1, 0.15) is 35.9 Å². The van der Waals surface area contributed by atoms with E-state index in [9.17, 15) is 4.79 Å². The maximum absolute atomic E-state index is 12.1. The summed E-state index contributed by atoms with van der Waals surface area (Å²) in [6, 6.07) is 8.17. The van der Waals surface area contributed by atoms with Crippen LogP contribution in [0, 0.1) is 0 Å². The van der Waals surface area contributed by atoms with E-state index in [1.807, 2.05) is 23.6 Å². The minimum atomic E-state index is 0.115. The Morgan fingerprint density at radius 3 is 2.86 bits per heavy atom. The van der Waals surface area contributed by atoms with E-state index in [0.717, 1.165) is 25.3 Å². The van der Waals surface area contributed by atoms with Crippen molar-refractivity contribution in [1.29, 1.82) is 0 Å². The van der Waals surface area contributed by atoms with Gasteiger partial charge in [-0.1, -0.05) is 6.07 Å². The fourth-order valence-corrected chi connectivity index (χ4v) is 3.64. The molecule has 4 nitrogen and oxygen atoms in total. The molecular formula is C17H22N2O2S. The molecule has 2 aromatic rings. The minimum Gasteiger partial charge on any atom is -0.468 e. The predicted octanol–water partition coefficient (Wildman–Crippen LogP) is 3.23. The lowest BCUT2D eigenvalue weighted by Crippen LogP contribution is -2.36. The normalized spacial score (nSPS) is 16.7. The van der Waals surface area contributed by atoms with Crippen LogP contribution in [0.4, 0.5) is 0 Å². The maximum atomic E-state index is 12.1. The third kappa shape index (κ3) is 3.99. The SMILES string of the molecule is O=C(CCc1cccs1)NCC(c1ccco1)N1CCCC1. The van der Waals surface area contributed by atoms with Crippen molar-refractivity contribution >= 4 is 17.2 Å². The standard InChI is InChI=1S/C17H22N2O2S/c20-17(8-7-14-5-4-12-22-14)18-13-15(16-6-3-11-21-16)19-9-1-2-10-19/h3-6,11-12,15H,1-2,7-10,13H2,(H,18,20). The van der Waals surface area contributed by atoms with Gasteiger partial charge in [0.05, 0.1) is 12.3 Å². The largest absolute Gasteiger partial charge is 0.468 e. The van der Waals surface area contributed by atoms with Crippen LogP contribution in [0.25, 0.3) is 0 Å². The van der Waals surface area contributed by atoms with Crippen LogP contribution in [-0.2, 0) is 11.2 Å². The molecule has 0 aromatic carbocycles. The van der Waals surface area contributed by atoms with Crippen molar-refractivity contribution in [2.45, 2.75) is 31.7 Å². The molecule has 1 aliphatic rings. The first-order chi connectivity index (χ1) is 10.8. The first-order valence-corrected chi connectivity index (χ1v) is 8.77. The number of carbonyl (C=O) groups excluding carboxylic acids is 1. The summed E-state index contributed by atoms with van der Waals surface area (Å²) in [4.78, 5) is 15.7. The summed E-state index contributed by atoms with van der Waals surface area (Å²) in [5.41, 5.74) is 0. The highest BCUT2D eigenvalue weighted by atomic mass is 32.1. The first kappa shape index (κ1) is 15.3. The molecule has 2 aromatic heterocycles. The Hall–Kier alpha value is -1.59. The molecule has 1 amide bonds. The minimum absolute atomic E-state index is 0.115. The predicted molar refractivity (Wildman–Crippen MR) is 87.9 cm³/mol. The summed E-state index contributed by atoms with van der Waals surface area (Å²) in [7, 11) is 0. The van der Waals surface area contributed by atoms with E-state index in [-0.39, 0.29) is 11.9 Å². The monoisotopic (exact) mass is 318 g/mol. The molecule has 5 heteroatoms. The zero-order valence-electron chi connectivity index (χ0n) is 12.7. The molecule has 3 rings (SSSR count). The molecule has 1 unspecified atom stereocenters. The van der Waals surface area contributed by atoms with E-state index in [4.69, 9.17) is 4.42 Å². The number of thiophene rings is 1. The van der Waals surface area contributed by atoms with Crippen LogP contribution in [-0.4, -0.2) is 30.4 Å². The second kappa shape index (κ2) is 7.61. The molecule has 3 heterocycles. The molecule has 1 saturated heterocycles. The van der Waals surface area contributed by atoms with Crippen molar-refractivity contribution in [3.63, 3.8) is 0 Å². The van der Waals surface area contributed by atoms with Crippen molar-refractivity contribution in [1.82, 2.24) is 10.2 Å². The van der Waals surface area contributed by atoms with Gasteiger partial charge in [-0.15, -0.1) is 11.3 Å². The summed E-state index contributed by atoms with van der Waals surface area (Å²) in [6.07, 6.45) is 5.52. The van der Waals surface area contributed by atoms with Gasteiger partial charge in [-0.25, -0.2) is 0 Å². The van der Waals surface area contributed by atoms with Gasteiger partial charge in [-0.3, -0.25) is 9.69 Å². The summed E-state index contributed by atoms with van der Waals surface area (Å²) < 4.78 is 5.57. The molecule has 22 heavy (non-hydrogen) atoms. The van der Waals surface area contributed by atoms with Crippen LogP contribution in [0.15, 0.2) is 40.3 Å². The van der Waals surface area contributed by atoms with Crippen LogP contribution in [0.2, 0.25) is 0 Å². The van der Waals surface area contributed by atoms with Gasteiger partial charge in [0.25, 0.3) is 0 Å². The number of aryl methyl sites for hydroxylation is 1. The number of carbonyl (C=O) groups is 1. The average molecular weight is 318 g/mol. The highest BCUT2D eigenvalue weighted by molar-refractivity contribution is 7.09. The molecule has 0 saturated carbocycles. The van der Waals surface area contributed by atoms with E-state index in [1.165, 1.54) is 17.7 Å². The summed E-state index contributed by atoms with van der Waals surface area (Å²) in [5.74, 6) is 1.06. The van der Waals surface area contributed by atoms with Crippen molar-refractivity contribution in [2.75, 3.05) is 19.6 Å². The zero-order valence-corrected chi connectivity index (χ0v) is 13.5. The smallest absolute Gasteiger partial charge is 0.220 e. The van der Waals surface area contributed by atoms with E-state index in [0.29, 0.717) is 13.0 Å². The van der Waals surface area contributed by atoms with Crippen LogP contribution in [0.5, 0.6) is 0 Å². The summed E-state index contributed by atoms with van der Waals surface area (Å²) in [6.45, 7) is 2.78. The second-order valence-electron chi connectivity index (χ2n) is 5.66. The Morgan fingerprint density at radius 1 is 1.32 bits per heavy atom. The number of likely N-dealkylation sites (tertiary alicyclic amines) is 1. The Kier molecular flexibility index (Phi) is 5.29. The zero-order chi connectivity index (χ0) is 15.2. The molecule has 0 spiro atoms. The number of hydrogen-bond donors (Lipinski definition) is 1. The van der Waals surface area contributed by atoms with E-state index >= 15 is 0 Å². The fraction of sp³-hybridized carbons (Fsp3) is 0.471. The number of nitrogens with one attached hydrogen (secondary N) is 1. The lowest BCUT2D eigenvalue weighted by atomic mass is 10.2. The second-order valence-corrected chi connectivity index (χ2v) is 6.69. The lowest BCUT2D eigenvalue weighted by Gasteiger charge is -2.26. The van der Waals surface area contributed by atoms with Gasteiger partial charge in [-0.2, -0.15) is 0 Å². The number of rotatable bonds is 7. The van der Waals surface area contributed by atoms with Gasteiger partial charge in [0, 0.05) is 17.8 Å². The molecule has 1 N–H and O–H groups in total. The highest BCUT2D eigenvalue weighted by Gasteiger charge is 2.25. The van der Waals surface area contributed by atoms with Crippen molar-refractivity contribution in [3.05, 3.63) is 46.5 Å². The molecule has 0 bridgehead atoms. The van der Waals surface area contributed by atoms with Gasteiger partial charge >= 0.3 is 0 Å². The molecule has 1 fully saturated rings. The van der Waals surface area contributed by atoms with E-state index in [1.54, 1.807) is 17.6 Å². The molecule has 1 aliphatic heterocycles. The highest BCUT2D eigenvalue weighted by Crippen LogP contribution is 2.24. The van der Waals surface area contributed by atoms with Gasteiger partial charge in [-0.05, 0) is 55.9 Å². The van der Waals surface area contributed by atoms with E-state index in [2.05, 4.69) is 16.3 Å². The lowest BCUT2D eigenvalue weighted by molar-refractivity contribution is -0.121. The van der Waals surface area contributed by atoms with Gasteiger partial charge in [0.2, 0.25) is 5.91 Å². The Bertz CT molecular complexity index is 560. The number of hydrogen-bond acceptors (Lipinski definition) is 4. The molecule has 118 valence electrons. The van der Waals surface area contributed by atoms with Crippen LogP contribution in [0.3, 0.4) is 0 Å². The van der Waals surface area contributed by atoms with Crippen LogP contribution < -0.4 is 5.32 Å². The summed E-state index contributed by atoms with van der Waals surface area (Å²) in [5, 5.41) is 5.12. The quantitative estimate of drug-likeness (QED) is 0.852. The van der Waals surface area contributed by atoms with Crippen molar-refractivity contribution in [3.8, 4) is 0 Å². The average Bonchev–Trinajstić information content (AvgIpc) is 3.27. The summed E-state index contributed by atoms with van der Waals surface area (Å²) >= 11 is 1.70.